The number of carbonyl (C=O) groups excluding carboxylic acids is 1. The third-order valence-electron chi connectivity index (χ3n) is 4.31. The minimum atomic E-state index is -0.249. The van der Waals surface area contributed by atoms with Crippen molar-refractivity contribution in [1.82, 2.24) is 4.90 Å². The Morgan fingerprint density at radius 2 is 1.81 bits per heavy atom. The van der Waals surface area contributed by atoms with Crippen LogP contribution < -0.4 is 4.90 Å². The van der Waals surface area contributed by atoms with E-state index in [2.05, 4.69) is 25.9 Å². The first-order chi connectivity index (χ1) is 9.85. The van der Waals surface area contributed by atoms with Gasteiger partial charge < -0.3 is 9.80 Å². The van der Waals surface area contributed by atoms with Gasteiger partial charge >= 0.3 is 0 Å². The lowest BCUT2D eigenvalue weighted by atomic mass is 10.1. The second-order valence-electron chi connectivity index (χ2n) is 6.37. The summed E-state index contributed by atoms with van der Waals surface area (Å²) in [7, 11) is 4.13. The van der Waals surface area contributed by atoms with Gasteiger partial charge in [-0.15, -0.1) is 11.6 Å². The molecule has 4 heteroatoms. The van der Waals surface area contributed by atoms with Crippen molar-refractivity contribution in [3.63, 3.8) is 0 Å². The lowest BCUT2D eigenvalue weighted by Crippen LogP contribution is -2.49. The smallest absolute Gasteiger partial charge is 0.227 e. The van der Waals surface area contributed by atoms with Crippen molar-refractivity contribution in [1.29, 1.82) is 0 Å². The molecule has 0 saturated heterocycles. The molecule has 3 unspecified atom stereocenters. The normalized spacial score (nSPS) is 28.9. The van der Waals surface area contributed by atoms with Gasteiger partial charge in [0.05, 0.1) is 6.04 Å². The van der Waals surface area contributed by atoms with Crippen molar-refractivity contribution in [3.05, 3.63) is 30.3 Å². The molecule has 21 heavy (non-hydrogen) atoms. The molecule has 3 nitrogen and oxygen atoms in total. The molecule has 0 spiro atoms. The number of alkyl halides is 1. The molecule has 1 saturated carbocycles. The molecular formula is C17H25ClN2O. The van der Waals surface area contributed by atoms with Crippen molar-refractivity contribution in [3.8, 4) is 0 Å². The minimum Gasteiger partial charge on any atom is -0.308 e. The first-order valence-electron chi connectivity index (χ1n) is 7.58. The van der Waals surface area contributed by atoms with Crippen LogP contribution in [0.15, 0.2) is 30.3 Å². The maximum absolute atomic E-state index is 12.5. The van der Waals surface area contributed by atoms with Gasteiger partial charge in [-0.25, -0.2) is 0 Å². The predicted octanol–water partition coefficient (Wildman–Crippen LogP) is 3.52. The number of amides is 1. The monoisotopic (exact) mass is 308 g/mol. The van der Waals surface area contributed by atoms with E-state index < -0.39 is 0 Å². The molecule has 1 fully saturated rings. The number of rotatable bonds is 4. The summed E-state index contributed by atoms with van der Waals surface area (Å²) in [4.78, 5) is 16.4. The summed E-state index contributed by atoms with van der Waals surface area (Å²) in [6.07, 6.45) is 2.22. The molecule has 1 aromatic carbocycles. The van der Waals surface area contributed by atoms with Gasteiger partial charge in [0.25, 0.3) is 0 Å². The summed E-state index contributed by atoms with van der Waals surface area (Å²) < 4.78 is 0. The highest BCUT2D eigenvalue weighted by Crippen LogP contribution is 2.41. The van der Waals surface area contributed by atoms with Gasteiger partial charge in [-0.1, -0.05) is 25.1 Å². The number of hydrogen-bond acceptors (Lipinski definition) is 2. The number of likely N-dealkylation sites (N-methyl/N-ethyl adjacent to an activating group) is 1. The van der Waals surface area contributed by atoms with Crippen LogP contribution in [0.1, 0.15) is 33.1 Å². The quantitative estimate of drug-likeness (QED) is 0.795. The highest BCUT2D eigenvalue weighted by Gasteiger charge is 2.46. The van der Waals surface area contributed by atoms with E-state index in [-0.39, 0.29) is 22.9 Å². The number of para-hydroxylation sites is 1. The summed E-state index contributed by atoms with van der Waals surface area (Å²) in [6, 6.07) is 10.3. The summed E-state index contributed by atoms with van der Waals surface area (Å²) in [6.45, 7) is 3.99. The van der Waals surface area contributed by atoms with Gasteiger partial charge in [-0.3, -0.25) is 4.79 Å². The van der Waals surface area contributed by atoms with E-state index in [0.29, 0.717) is 6.42 Å². The average molecular weight is 309 g/mol. The molecular weight excluding hydrogens is 284 g/mol. The number of anilines is 1. The highest BCUT2D eigenvalue weighted by atomic mass is 35.5. The summed E-state index contributed by atoms with van der Waals surface area (Å²) in [5.41, 5.74) is 0.968. The maximum Gasteiger partial charge on any atom is 0.227 e. The first kappa shape index (κ1) is 16.3. The largest absolute Gasteiger partial charge is 0.308 e. The zero-order valence-electron chi connectivity index (χ0n) is 13.3. The predicted molar refractivity (Wildman–Crippen MR) is 89.0 cm³/mol. The second kappa shape index (κ2) is 6.37. The van der Waals surface area contributed by atoms with Gasteiger partial charge in [-0.05, 0) is 46.0 Å². The van der Waals surface area contributed by atoms with Crippen LogP contribution in [0.25, 0.3) is 0 Å². The number of carbonyl (C=O) groups is 1. The fraction of sp³-hybridized carbons (Fsp3) is 0.588. The summed E-state index contributed by atoms with van der Waals surface area (Å²) in [5, 5.41) is 0. The molecule has 0 aromatic heterocycles. The van der Waals surface area contributed by atoms with Crippen LogP contribution in [0.3, 0.4) is 0 Å². The molecule has 0 heterocycles. The van der Waals surface area contributed by atoms with E-state index >= 15 is 0 Å². The minimum absolute atomic E-state index is 0.123. The van der Waals surface area contributed by atoms with Crippen molar-refractivity contribution in [2.45, 2.75) is 50.1 Å². The Hall–Kier alpha value is -1.06. The van der Waals surface area contributed by atoms with Gasteiger partial charge in [0, 0.05) is 23.0 Å². The van der Waals surface area contributed by atoms with E-state index in [1.807, 2.05) is 42.2 Å². The number of nitrogens with zero attached hydrogens (tertiary/aromatic N) is 2. The van der Waals surface area contributed by atoms with Crippen molar-refractivity contribution < 1.29 is 4.79 Å². The Morgan fingerprint density at radius 3 is 2.33 bits per heavy atom. The van der Waals surface area contributed by atoms with E-state index in [1.54, 1.807) is 0 Å². The molecule has 0 radical (unpaired) electrons. The molecule has 1 aliphatic rings. The maximum atomic E-state index is 12.5. The SMILES string of the molecule is CCC(=O)N(c1ccccc1)C1CC(C)(Cl)CC1N(C)C. The molecule has 0 bridgehead atoms. The van der Waals surface area contributed by atoms with Crippen molar-refractivity contribution in [2.24, 2.45) is 0 Å². The van der Waals surface area contributed by atoms with Gasteiger partial charge in [0.15, 0.2) is 0 Å². The van der Waals surface area contributed by atoms with Crippen LogP contribution in [0.5, 0.6) is 0 Å². The Morgan fingerprint density at radius 1 is 1.24 bits per heavy atom. The highest BCUT2D eigenvalue weighted by molar-refractivity contribution is 6.24. The zero-order valence-corrected chi connectivity index (χ0v) is 14.1. The fourth-order valence-electron chi connectivity index (χ4n) is 3.30. The lowest BCUT2D eigenvalue weighted by Gasteiger charge is -2.35. The molecule has 0 N–H and O–H groups in total. The van der Waals surface area contributed by atoms with E-state index in [4.69, 9.17) is 11.6 Å². The second-order valence-corrected chi connectivity index (χ2v) is 7.29. The third kappa shape index (κ3) is 3.58. The van der Waals surface area contributed by atoms with Crippen molar-refractivity contribution in [2.75, 3.05) is 19.0 Å². The van der Waals surface area contributed by atoms with Crippen LogP contribution in [0.2, 0.25) is 0 Å². The molecule has 1 aromatic rings. The topological polar surface area (TPSA) is 23.6 Å². The number of benzene rings is 1. The Bertz CT molecular complexity index is 487. The Kier molecular flexibility index (Phi) is 4.95. The van der Waals surface area contributed by atoms with E-state index in [1.165, 1.54) is 0 Å². The molecule has 3 atom stereocenters. The van der Waals surface area contributed by atoms with E-state index in [0.717, 1.165) is 18.5 Å². The van der Waals surface area contributed by atoms with Crippen molar-refractivity contribution >= 4 is 23.2 Å². The summed E-state index contributed by atoms with van der Waals surface area (Å²) >= 11 is 6.62. The summed E-state index contributed by atoms with van der Waals surface area (Å²) in [5.74, 6) is 0.160. The van der Waals surface area contributed by atoms with Crippen LogP contribution in [-0.2, 0) is 4.79 Å². The fourth-order valence-corrected chi connectivity index (χ4v) is 3.61. The number of halogens is 1. The van der Waals surface area contributed by atoms with Gasteiger partial charge in [-0.2, -0.15) is 0 Å². The van der Waals surface area contributed by atoms with Gasteiger partial charge in [0.1, 0.15) is 0 Å². The molecule has 1 aliphatic carbocycles. The lowest BCUT2D eigenvalue weighted by molar-refractivity contribution is -0.119. The van der Waals surface area contributed by atoms with Crippen LogP contribution >= 0.6 is 11.6 Å². The standard InChI is InChI=1S/C17H25ClN2O/c1-5-16(21)20(13-9-7-6-8-10-13)15-12-17(2,18)11-14(15)19(3)4/h6-10,14-15H,5,11-12H2,1-4H3. The molecule has 0 aliphatic heterocycles. The average Bonchev–Trinajstić information content (AvgIpc) is 2.76. The molecule has 1 amide bonds. The third-order valence-corrected chi connectivity index (χ3v) is 4.62. The van der Waals surface area contributed by atoms with Crippen LogP contribution in [0.4, 0.5) is 5.69 Å². The van der Waals surface area contributed by atoms with Crippen LogP contribution in [-0.4, -0.2) is 41.9 Å². The zero-order chi connectivity index (χ0) is 15.6. The first-order valence-corrected chi connectivity index (χ1v) is 7.96. The van der Waals surface area contributed by atoms with Crippen LogP contribution in [0, 0.1) is 0 Å². The van der Waals surface area contributed by atoms with E-state index in [9.17, 15) is 4.79 Å². The molecule has 116 valence electrons. The molecule has 2 rings (SSSR count). The van der Waals surface area contributed by atoms with Gasteiger partial charge in [0.2, 0.25) is 5.91 Å². The number of hydrogen-bond donors (Lipinski definition) is 0. The Labute approximate surface area is 132 Å². The Balaban J connectivity index is 2.38.